The van der Waals surface area contributed by atoms with Crippen LogP contribution in [0.25, 0.3) is 0 Å². The van der Waals surface area contributed by atoms with Gasteiger partial charge in [0, 0.05) is 12.0 Å². The summed E-state index contributed by atoms with van der Waals surface area (Å²) in [5, 5.41) is 8.91. The second kappa shape index (κ2) is 5.88. The van der Waals surface area contributed by atoms with Crippen molar-refractivity contribution >= 4 is 5.97 Å². The van der Waals surface area contributed by atoms with Gasteiger partial charge < -0.3 is 10.8 Å². The van der Waals surface area contributed by atoms with Crippen LogP contribution in [0.3, 0.4) is 0 Å². The predicted octanol–water partition coefficient (Wildman–Crippen LogP) is 2.84. The van der Waals surface area contributed by atoms with Crippen molar-refractivity contribution in [3.63, 3.8) is 0 Å². The third-order valence-corrected chi connectivity index (χ3v) is 3.72. The van der Waals surface area contributed by atoms with Crippen molar-refractivity contribution in [1.29, 1.82) is 0 Å². The van der Waals surface area contributed by atoms with Crippen molar-refractivity contribution < 1.29 is 9.90 Å². The van der Waals surface area contributed by atoms with Crippen molar-refractivity contribution in [2.75, 3.05) is 6.54 Å². The Morgan fingerprint density at radius 2 is 1.70 bits per heavy atom. The van der Waals surface area contributed by atoms with Crippen molar-refractivity contribution in [1.82, 2.24) is 0 Å². The fraction of sp³-hybridized carbons (Fsp3) is 0.235. The molecule has 1 atom stereocenters. The molecular formula is C17H19NO2. The van der Waals surface area contributed by atoms with Crippen LogP contribution in [0.1, 0.15) is 28.4 Å². The monoisotopic (exact) mass is 269 g/mol. The third kappa shape index (κ3) is 3.06. The molecule has 0 saturated carbocycles. The van der Waals surface area contributed by atoms with Crippen LogP contribution in [0.5, 0.6) is 0 Å². The number of carbonyl (C=O) groups is 1. The number of hydrogen-bond donors (Lipinski definition) is 2. The summed E-state index contributed by atoms with van der Waals surface area (Å²) < 4.78 is 0. The first-order valence-electron chi connectivity index (χ1n) is 6.63. The quantitative estimate of drug-likeness (QED) is 0.877. The zero-order chi connectivity index (χ0) is 14.6. The van der Waals surface area contributed by atoms with Crippen molar-refractivity contribution in [3.05, 3.63) is 71.3 Å². The number of rotatable bonds is 5. The van der Waals surface area contributed by atoms with Gasteiger partial charge >= 0.3 is 5.97 Å². The number of hydrogen-bond acceptors (Lipinski definition) is 2. The van der Waals surface area contributed by atoms with E-state index in [1.54, 1.807) is 12.1 Å². The summed E-state index contributed by atoms with van der Waals surface area (Å²) in [6, 6.07) is 17.2. The van der Waals surface area contributed by atoms with E-state index in [0.29, 0.717) is 12.1 Å². The van der Waals surface area contributed by atoms with Gasteiger partial charge in [0.15, 0.2) is 0 Å². The second-order valence-electron chi connectivity index (χ2n) is 5.31. The normalized spacial score (nSPS) is 13.7. The highest BCUT2D eigenvalue weighted by molar-refractivity contribution is 5.87. The zero-order valence-corrected chi connectivity index (χ0v) is 11.5. The van der Waals surface area contributed by atoms with Gasteiger partial charge in [0.1, 0.15) is 0 Å². The molecule has 3 N–H and O–H groups in total. The van der Waals surface area contributed by atoms with E-state index in [1.165, 1.54) is 5.56 Å². The lowest BCUT2D eigenvalue weighted by molar-refractivity contribution is 0.0697. The molecule has 0 amide bonds. The SMILES string of the molecule is CC(CN)(Cc1ccc(C(=O)O)cc1)c1ccccc1. The molecule has 0 saturated heterocycles. The maximum atomic E-state index is 10.9. The van der Waals surface area contributed by atoms with Crippen molar-refractivity contribution in [2.45, 2.75) is 18.8 Å². The molecule has 0 spiro atoms. The minimum absolute atomic E-state index is 0.147. The summed E-state index contributed by atoms with van der Waals surface area (Å²) in [4.78, 5) is 10.9. The molecule has 0 aliphatic carbocycles. The highest BCUT2D eigenvalue weighted by Crippen LogP contribution is 2.27. The van der Waals surface area contributed by atoms with Gasteiger partial charge in [0.05, 0.1) is 5.56 Å². The number of carboxylic acids is 1. The molecule has 0 radical (unpaired) electrons. The molecule has 0 heterocycles. The van der Waals surface area contributed by atoms with E-state index in [2.05, 4.69) is 19.1 Å². The lowest BCUT2D eigenvalue weighted by atomic mass is 9.77. The lowest BCUT2D eigenvalue weighted by Gasteiger charge is -2.29. The van der Waals surface area contributed by atoms with E-state index in [0.717, 1.165) is 12.0 Å². The van der Waals surface area contributed by atoms with Crippen molar-refractivity contribution in [2.24, 2.45) is 5.73 Å². The number of carboxylic acid groups (broad SMARTS) is 1. The van der Waals surface area contributed by atoms with Crippen LogP contribution < -0.4 is 5.73 Å². The number of aromatic carboxylic acids is 1. The highest BCUT2D eigenvalue weighted by Gasteiger charge is 2.25. The molecule has 0 aliphatic rings. The van der Waals surface area contributed by atoms with Gasteiger partial charge in [-0.3, -0.25) is 0 Å². The standard InChI is InChI=1S/C17H19NO2/c1-17(12-18,15-5-3-2-4-6-15)11-13-7-9-14(10-8-13)16(19)20/h2-10H,11-12,18H2,1H3,(H,19,20). The minimum atomic E-state index is -0.902. The summed E-state index contributed by atoms with van der Waals surface area (Å²) in [6.45, 7) is 2.67. The smallest absolute Gasteiger partial charge is 0.335 e. The largest absolute Gasteiger partial charge is 0.478 e. The van der Waals surface area contributed by atoms with Crippen LogP contribution in [0.4, 0.5) is 0 Å². The Balaban J connectivity index is 2.24. The average molecular weight is 269 g/mol. The van der Waals surface area contributed by atoms with Gasteiger partial charge in [0.2, 0.25) is 0 Å². The van der Waals surface area contributed by atoms with E-state index in [4.69, 9.17) is 10.8 Å². The summed E-state index contributed by atoms with van der Waals surface area (Å²) in [7, 11) is 0. The molecule has 2 aromatic rings. The maximum Gasteiger partial charge on any atom is 0.335 e. The van der Waals surface area contributed by atoms with E-state index >= 15 is 0 Å². The first-order chi connectivity index (χ1) is 9.55. The molecule has 2 rings (SSSR count). The number of nitrogens with two attached hydrogens (primary N) is 1. The Morgan fingerprint density at radius 3 is 2.20 bits per heavy atom. The average Bonchev–Trinajstić information content (AvgIpc) is 2.48. The molecule has 3 nitrogen and oxygen atoms in total. The van der Waals surface area contributed by atoms with Gasteiger partial charge in [-0.05, 0) is 29.7 Å². The van der Waals surface area contributed by atoms with E-state index in [9.17, 15) is 4.79 Å². The maximum absolute atomic E-state index is 10.9. The predicted molar refractivity (Wildman–Crippen MR) is 80.0 cm³/mol. The molecule has 0 bridgehead atoms. The second-order valence-corrected chi connectivity index (χ2v) is 5.31. The van der Waals surface area contributed by atoms with Gasteiger partial charge in [-0.15, -0.1) is 0 Å². The Kier molecular flexibility index (Phi) is 4.20. The lowest BCUT2D eigenvalue weighted by Crippen LogP contribution is -2.34. The van der Waals surface area contributed by atoms with Gasteiger partial charge in [-0.1, -0.05) is 49.4 Å². The molecule has 20 heavy (non-hydrogen) atoms. The fourth-order valence-electron chi connectivity index (χ4n) is 2.35. The molecule has 3 heteroatoms. The summed E-state index contributed by atoms with van der Waals surface area (Å²) in [6.07, 6.45) is 0.785. The Labute approximate surface area is 119 Å². The van der Waals surface area contributed by atoms with E-state index in [-0.39, 0.29) is 5.41 Å². The summed E-state index contributed by atoms with van der Waals surface area (Å²) in [5.41, 5.74) is 8.42. The number of benzene rings is 2. The Hall–Kier alpha value is -2.13. The highest BCUT2D eigenvalue weighted by atomic mass is 16.4. The van der Waals surface area contributed by atoms with Crippen LogP contribution in [0.2, 0.25) is 0 Å². The van der Waals surface area contributed by atoms with Crippen LogP contribution in [0.15, 0.2) is 54.6 Å². The molecule has 1 unspecified atom stereocenters. The molecule has 0 aliphatic heterocycles. The zero-order valence-electron chi connectivity index (χ0n) is 11.5. The summed E-state index contributed by atoms with van der Waals surface area (Å²) >= 11 is 0. The first kappa shape index (κ1) is 14.3. The third-order valence-electron chi connectivity index (χ3n) is 3.72. The fourth-order valence-corrected chi connectivity index (χ4v) is 2.35. The minimum Gasteiger partial charge on any atom is -0.478 e. The molecule has 2 aromatic carbocycles. The Bertz CT molecular complexity index is 578. The van der Waals surface area contributed by atoms with E-state index < -0.39 is 5.97 Å². The van der Waals surface area contributed by atoms with Crippen LogP contribution in [-0.4, -0.2) is 17.6 Å². The summed E-state index contributed by atoms with van der Waals surface area (Å²) in [5.74, 6) is -0.902. The van der Waals surface area contributed by atoms with Crippen LogP contribution >= 0.6 is 0 Å². The van der Waals surface area contributed by atoms with E-state index in [1.807, 2.05) is 30.3 Å². The van der Waals surface area contributed by atoms with Gasteiger partial charge in [0.25, 0.3) is 0 Å². The van der Waals surface area contributed by atoms with Crippen molar-refractivity contribution in [3.8, 4) is 0 Å². The van der Waals surface area contributed by atoms with Crippen LogP contribution in [-0.2, 0) is 11.8 Å². The molecule has 104 valence electrons. The topological polar surface area (TPSA) is 63.3 Å². The first-order valence-corrected chi connectivity index (χ1v) is 6.63. The molecule has 0 fully saturated rings. The molecule has 0 aromatic heterocycles. The Morgan fingerprint density at radius 1 is 1.10 bits per heavy atom. The van der Waals surface area contributed by atoms with Gasteiger partial charge in [-0.2, -0.15) is 0 Å². The molecular weight excluding hydrogens is 250 g/mol. The van der Waals surface area contributed by atoms with Gasteiger partial charge in [-0.25, -0.2) is 4.79 Å². The van der Waals surface area contributed by atoms with Crippen LogP contribution in [0, 0.1) is 0 Å².